The molecule has 0 aliphatic rings. The van der Waals surface area contributed by atoms with E-state index >= 15 is 0 Å². The van der Waals surface area contributed by atoms with Gasteiger partial charge in [-0.05, 0) is 36.4 Å². The molecule has 0 saturated carbocycles. The summed E-state index contributed by atoms with van der Waals surface area (Å²) in [5.74, 6) is 2.27. The SMILES string of the molecule is COc1cccc(NC(=O)Nc2ccc(Oc3cc(-n4ccnc4)ncn3)cc2)c1. The van der Waals surface area contributed by atoms with Crippen LogP contribution in [0.1, 0.15) is 0 Å². The number of urea groups is 1. The summed E-state index contributed by atoms with van der Waals surface area (Å²) in [6.07, 6.45) is 6.51. The Balaban J connectivity index is 1.37. The topological polar surface area (TPSA) is 103 Å². The zero-order valence-electron chi connectivity index (χ0n) is 16.0. The average molecular weight is 402 g/mol. The Bertz CT molecular complexity index is 1130. The van der Waals surface area contributed by atoms with Crippen molar-refractivity contribution in [2.24, 2.45) is 0 Å². The lowest BCUT2D eigenvalue weighted by Crippen LogP contribution is -2.19. The second-order valence-electron chi connectivity index (χ2n) is 6.12. The zero-order valence-corrected chi connectivity index (χ0v) is 16.0. The fraction of sp³-hybridized carbons (Fsp3) is 0.0476. The fourth-order valence-corrected chi connectivity index (χ4v) is 2.64. The summed E-state index contributed by atoms with van der Waals surface area (Å²) >= 11 is 0. The standard InChI is InChI=1S/C21H18N6O3/c1-29-18-4-2-3-16(11-18)26-21(28)25-15-5-7-17(8-6-15)30-20-12-19(23-13-24-20)27-10-9-22-14-27/h2-14H,1H3,(H2,25,26,28). The molecule has 0 fully saturated rings. The molecule has 2 N–H and O–H groups in total. The molecule has 2 amide bonds. The van der Waals surface area contributed by atoms with Gasteiger partial charge in [0.25, 0.3) is 0 Å². The molecule has 0 bridgehead atoms. The maximum atomic E-state index is 12.2. The first kappa shape index (κ1) is 18.9. The van der Waals surface area contributed by atoms with Gasteiger partial charge >= 0.3 is 6.03 Å². The maximum absolute atomic E-state index is 12.2. The number of nitrogens with one attached hydrogen (secondary N) is 2. The summed E-state index contributed by atoms with van der Waals surface area (Å²) in [4.78, 5) is 24.5. The van der Waals surface area contributed by atoms with Crippen molar-refractivity contribution in [1.82, 2.24) is 19.5 Å². The first-order valence-electron chi connectivity index (χ1n) is 9.00. The predicted octanol–water partition coefficient (Wildman–Crippen LogP) is 4.11. The van der Waals surface area contributed by atoms with Crippen LogP contribution in [0.2, 0.25) is 0 Å². The molecular formula is C21H18N6O3. The van der Waals surface area contributed by atoms with Crippen molar-refractivity contribution >= 4 is 17.4 Å². The number of carbonyl (C=O) groups excluding carboxylic acids is 1. The van der Waals surface area contributed by atoms with E-state index in [2.05, 4.69) is 25.6 Å². The number of ether oxygens (including phenoxy) is 2. The first-order chi connectivity index (χ1) is 14.7. The van der Waals surface area contributed by atoms with E-state index in [1.807, 2.05) is 0 Å². The molecular weight excluding hydrogens is 384 g/mol. The molecule has 0 radical (unpaired) electrons. The molecule has 0 atom stereocenters. The van der Waals surface area contributed by atoms with E-state index in [0.717, 1.165) is 0 Å². The molecule has 30 heavy (non-hydrogen) atoms. The van der Waals surface area contributed by atoms with Gasteiger partial charge < -0.3 is 20.1 Å². The molecule has 4 rings (SSSR count). The lowest BCUT2D eigenvalue weighted by atomic mass is 10.3. The minimum Gasteiger partial charge on any atom is -0.497 e. The number of methoxy groups -OCH3 is 1. The summed E-state index contributed by atoms with van der Waals surface area (Å²) in [7, 11) is 1.57. The monoisotopic (exact) mass is 402 g/mol. The molecule has 9 heteroatoms. The van der Waals surface area contributed by atoms with Crippen LogP contribution in [0.25, 0.3) is 5.82 Å². The number of amides is 2. The number of carbonyl (C=O) groups is 1. The highest BCUT2D eigenvalue weighted by Gasteiger charge is 2.06. The highest BCUT2D eigenvalue weighted by Crippen LogP contribution is 2.23. The van der Waals surface area contributed by atoms with Crippen LogP contribution in [0.15, 0.2) is 79.6 Å². The van der Waals surface area contributed by atoms with Crippen LogP contribution in [0.5, 0.6) is 17.4 Å². The summed E-state index contributed by atoms with van der Waals surface area (Å²) in [5.41, 5.74) is 1.24. The van der Waals surface area contributed by atoms with Crippen LogP contribution in [0, 0.1) is 0 Å². The minimum atomic E-state index is -0.363. The molecule has 0 spiro atoms. The van der Waals surface area contributed by atoms with Crippen LogP contribution in [0.4, 0.5) is 16.2 Å². The van der Waals surface area contributed by atoms with E-state index in [1.165, 1.54) is 6.33 Å². The third-order valence-electron chi connectivity index (χ3n) is 4.06. The van der Waals surface area contributed by atoms with Gasteiger partial charge in [0.15, 0.2) is 0 Å². The first-order valence-corrected chi connectivity index (χ1v) is 9.00. The van der Waals surface area contributed by atoms with Crippen molar-refractivity contribution < 1.29 is 14.3 Å². The van der Waals surface area contributed by atoms with E-state index in [-0.39, 0.29) is 6.03 Å². The van der Waals surface area contributed by atoms with Crippen molar-refractivity contribution in [3.8, 4) is 23.2 Å². The van der Waals surface area contributed by atoms with Crippen molar-refractivity contribution in [3.05, 3.63) is 79.6 Å². The largest absolute Gasteiger partial charge is 0.497 e. The van der Waals surface area contributed by atoms with Crippen molar-refractivity contribution in [2.75, 3.05) is 17.7 Å². The van der Waals surface area contributed by atoms with Gasteiger partial charge in [-0.3, -0.25) is 4.57 Å². The number of hydrogen-bond donors (Lipinski definition) is 2. The normalized spacial score (nSPS) is 10.3. The second kappa shape index (κ2) is 8.74. The van der Waals surface area contributed by atoms with E-state index < -0.39 is 0 Å². The molecule has 0 saturated heterocycles. The number of hydrogen-bond acceptors (Lipinski definition) is 6. The van der Waals surface area contributed by atoms with E-state index in [9.17, 15) is 4.79 Å². The Kier molecular flexibility index (Phi) is 5.52. The van der Waals surface area contributed by atoms with Gasteiger partial charge in [-0.2, -0.15) is 0 Å². The van der Waals surface area contributed by atoms with Crippen molar-refractivity contribution in [3.63, 3.8) is 0 Å². The lowest BCUT2D eigenvalue weighted by Gasteiger charge is -2.10. The predicted molar refractivity (Wildman–Crippen MR) is 111 cm³/mol. The summed E-state index contributed by atoms with van der Waals surface area (Å²) < 4.78 is 12.7. The highest BCUT2D eigenvalue weighted by atomic mass is 16.5. The number of anilines is 2. The minimum absolute atomic E-state index is 0.363. The molecule has 150 valence electrons. The van der Waals surface area contributed by atoms with E-state index in [4.69, 9.17) is 9.47 Å². The Hall–Kier alpha value is -4.40. The zero-order chi connectivity index (χ0) is 20.8. The van der Waals surface area contributed by atoms with Gasteiger partial charge in [0.2, 0.25) is 5.88 Å². The molecule has 0 aliphatic carbocycles. The van der Waals surface area contributed by atoms with E-state index in [1.54, 1.807) is 85.0 Å². The summed E-state index contributed by atoms with van der Waals surface area (Å²) in [6.45, 7) is 0. The third kappa shape index (κ3) is 4.71. The Morgan fingerprint density at radius 1 is 0.967 bits per heavy atom. The molecule has 2 aromatic heterocycles. The maximum Gasteiger partial charge on any atom is 0.323 e. The molecule has 9 nitrogen and oxygen atoms in total. The summed E-state index contributed by atoms with van der Waals surface area (Å²) in [6, 6.07) is 15.4. The van der Waals surface area contributed by atoms with Gasteiger partial charge in [0.05, 0.1) is 7.11 Å². The van der Waals surface area contributed by atoms with Crippen LogP contribution in [0.3, 0.4) is 0 Å². The number of imidazole rings is 1. The fourth-order valence-electron chi connectivity index (χ4n) is 2.64. The summed E-state index contributed by atoms with van der Waals surface area (Å²) in [5, 5.41) is 5.52. The van der Waals surface area contributed by atoms with Gasteiger partial charge in [0, 0.05) is 35.9 Å². The highest BCUT2D eigenvalue weighted by molar-refractivity contribution is 5.99. The van der Waals surface area contributed by atoms with Crippen molar-refractivity contribution in [1.29, 1.82) is 0 Å². The Morgan fingerprint density at radius 3 is 2.57 bits per heavy atom. The molecule has 2 aromatic carbocycles. The van der Waals surface area contributed by atoms with Crippen LogP contribution in [-0.2, 0) is 0 Å². The van der Waals surface area contributed by atoms with Gasteiger partial charge in [-0.25, -0.2) is 19.7 Å². The van der Waals surface area contributed by atoms with Crippen LogP contribution < -0.4 is 20.1 Å². The van der Waals surface area contributed by atoms with E-state index in [0.29, 0.717) is 34.6 Å². The number of nitrogens with zero attached hydrogens (tertiary/aromatic N) is 4. The van der Waals surface area contributed by atoms with Gasteiger partial charge in [-0.15, -0.1) is 0 Å². The van der Waals surface area contributed by atoms with Gasteiger partial charge in [0.1, 0.15) is 30.0 Å². The van der Waals surface area contributed by atoms with Crippen LogP contribution in [-0.4, -0.2) is 32.7 Å². The Morgan fingerprint density at radius 2 is 1.80 bits per heavy atom. The van der Waals surface area contributed by atoms with Crippen LogP contribution >= 0.6 is 0 Å². The molecule has 2 heterocycles. The number of aromatic nitrogens is 4. The van der Waals surface area contributed by atoms with Gasteiger partial charge in [-0.1, -0.05) is 6.07 Å². The molecule has 4 aromatic rings. The molecule has 0 unspecified atom stereocenters. The third-order valence-corrected chi connectivity index (χ3v) is 4.06. The Labute approximate surface area is 172 Å². The quantitative estimate of drug-likeness (QED) is 0.503. The average Bonchev–Trinajstić information content (AvgIpc) is 3.30. The molecule has 0 aliphatic heterocycles. The number of benzene rings is 2. The number of rotatable bonds is 6. The second-order valence-corrected chi connectivity index (χ2v) is 6.12. The lowest BCUT2D eigenvalue weighted by molar-refractivity contribution is 0.262. The smallest absolute Gasteiger partial charge is 0.323 e. The van der Waals surface area contributed by atoms with Crippen molar-refractivity contribution in [2.45, 2.75) is 0 Å².